The predicted octanol–water partition coefficient (Wildman–Crippen LogP) is 4.90. The lowest BCUT2D eigenvalue weighted by atomic mass is 10.2. The lowest BCUT2D eigenvalue weighted by Crippen LogP contribution is -2.12. The molecule has 0 saturated heterocycles. The average Bonchev–Trinajstić information content (AvgIpc) is 2.41. The van der Waals surface area contributed by atoms with Crippen LogP contribution >= 0.6 is 23.2 Å². The monoisotopic (exact) mass is 295 g/mol. The third-order valence-corrected chi connectivity index (χ3v) is 3.27. The van der Waals surface area contributed by atoms with Crippen molar-refractivity contribution < 1.29 is 4.74 Å². The molecule has 0 heterocycles. The molecule has 100 valence electrons. The van der Waals surface area contributed by atoms with E-state index in [1.165, 1.54) is 0 Å². The van der Waals surface area contributed by atoms with E-state index in [1.807, 2.05) is 36.4 Å². The van der Waals surface area contributed by atoms with Gasteiger partial charge in [-0.3, -0.25) is 0 Å². The highest BCUT2D eigenvalue weighted by Gasteiger charge is 2.10. The molecule has 0 unspecified atom stereocenters. The van der Waals surface area contributed by atoms with E-state index in [2.05, 4.69) is 12.2 Å². The number of ether oxygens (including phenoxy) is 1. The Labute approximate surface area is 123 Å². The summed E-state index contributed by atoms with van der Waals surface area (Å²) in [7, 11) is 0. The van der Waals surface area contributed by atoms with Gasteiger partial charge in [-0.25, -0.2) is 0 Å². The standard InChI is InChI=1S/C15H15Cl2NO/c1-2-18-10-11-6-5-8-13(17)15(11)19-14-9-4-3-7-12(14)16/h3-9,18H,2,10H2,1H3. The normalized spacial score (nSPS) is 10.5. The Hall–Kier alpha value is -1.22. The molecule has 0 spiro atoms. The van der Waals surface area contributed by atoms with E-state index in [1.54, 1.807) is 6.07 Å². The van der Waals surface area contributed by atoms with Crippen molar-refractivity contribution in [3.05, 3.63) is 58.1 Å². The fourth-order valence-corrected chi connectivity index (χ4v) is 2.11. The highest BCUT2D eigenvalue weighted by atomic mass is 35.5. The van der Waals surface area contributed by atoms with Crippen molar-refractivity contribution in [2.75, 3.05) is 6.54 Å². The topological polar surface area (TPSA) is 21.3 Å². The molecule has 4 heteroatoms. The summed E-state index contributed by atoms with van der Waals surface area (Å²) in [6.07, 6.45) is 0. The molecule has 2 aromatic rings. The Morgan fingerprint density at radius 1 is 1.00 bits per heavy atom. The Balaban J connectivity index is 2.31. The van der Waals surface area contributed by atoms with E-state index in [0.717, 1.165) is 12.1 Å². The molecule has 0 fully saturated rings. The van der Waals surface area contributed by atoms with Gasteiger partial charge >= 0.3 is 0 Å². The SMILES string of the molecule is CCNCc1cccc(Cl)c1Oc1ccccc1Cl. The van der Waals surface area contributed by atoms with Gasteiger partial charge in [-0.1, -0.05) is 54.4 Å². The second kappa shape index (κ2) is 6.80. The molecule has 0 aliphatic carbocycles. The van der Waals surface area contributed by atoms with E-state index in [0.29, 0.717) is 28.1 Å². The molecule has 2 aromatic carbocycles. The number of nitrogens with one attached hydrogen (secondary N) is 1. The number of hydrogen-bond acceptors (Lipinski definition) is 2. The van der Waals surface area contributed by atoms with Gasteiger partial charge in [-0.2, -0.15) is 0 Å². The minimum atomic E-state index is 0.567. The van der Waals surface area contributed by atoms with E-state index < -0.39 is 0 Å². The maximum Gasteiger partial charge on any atom is 0.150 e. The summed E-state index contributed by atoms with van der Waals surface area (Å²) in [4.78, 5) is 0. The number of benzene rings is 2. The number of para-hydroxylation sites is 2. The second-order valence-corrected chi connectivity index (χ2v) is 4.86. The van der Waals surface area contributed by atoms with Crippen molar-refractivity contribution in [2.24, 2.45) is 0 Å². The highest BCUT2D eigenvalue weighted by Crippen LogP contribution is 2.35. The first-order chi connectivity index (χ1) is 9.22. The fraction of sp³-hybridized carbons (Fsp3) is 0.200. The lowest BCUT2D eigenvalue weighted by molar-refractivity contribution is 0.474. The lowest BCUT2D eigenvalue weighted by Gasteiger charge is -2.14. The molecular weight excluding hydrogens is 281 g/mol. The zero-order valence-electron chi connectivity index (χ0n) is 10.6. The zero-order valence-corrected chi connectivity index (χ0v) is 12.1. The van der Waals surface area contributed by atoms with Crippen LogP contribution in [-0.4, -0.2) is 6.54 Å². The van der Waals surface area contributed by atoms with Crippen LogP contribution in [0.5, 0.6) is 11.5 Å². The summed E-state index contributed by atoms with van der Waals surface area (Å²) in [5.74, 6) is 1.26. The molecule has 0 saturated carbocycles. The Morgan fingerprint density at radius 2 is 1.74 bits per heavy atom. The molecule has 0 aliphatic rings. The average molecular weight is 296 g/mol. The third-order valence-electron chi connectivity index (χ3n) is 2.66. The minimum Gasteiger partial charge on any atom is -0.454 e. The minimum absolute atomic E-state index is 0.567. The van der Waals surface area contributed by atoms with Crippen molar-refractivity contribution in [3.63, 3.8) is 0 Å². The first kappa shape index (κ1) is 14.2. The van der Waals surface area contributed by atoms with Gasteiger partial charge in [0.05, 0.1) is 10.0 Å². The maximum atomic E-state index is 6.21. The van der Waals surface area contributed by atoms with Crippen molar-refractivity contribution in [3.8, 4) is 11.5 Å². The summed E-state index contributed by atoms with van der Waals surface area (Å²) < 4.78 is 5.86. The first-order valence-electron chi connectivity index (χ1n) is 6.13. The van der Waals surface area contributed by atoms with Gasteiger partial charge in [-0.05, 0) is 24.7 Å². The fourth-order valence-electron chi connectivity index (χ4n) is 1.70. The van der Waals surface area contributed by atoms with Crippen LogP contribution < -0.4 is 10.1 Å². The van der Waals surface area contributed by atoms with Gasteiger partial charge in [0, 0.05) is 12.1 Å². The molecule has 2 nitrogen and oxygen atoms in total. The largest absolute Gasteiger partial charge is 0.454 e. The number of halogens is 2. The molecule has 2 rings (SSSR count). The number of rotatable bonds is 5. The van der Waals surface area contributed by atoms with E-state index in [9.17, 15) is 0 Å². The van der Waals surface area contributed by atoms with Crippen molar-refractivity contribution >= 4 is 23.2 Å². The van der Waals surface area contributed by atoms with Crippen molar-refractivity contribution in [1.82, 2.24) is 5.32 Å². The van der Waals surface area contributed by atoms with Crippen LogP contribution in [0, 0.1) is 0 Å². The van der Waals surface area contributed by atoms with Gasteiger partial charge in [0.1, 0.15) is 5.75 Å². The van der Waals surface area contributed by atoms with E-state index >= 15 is 0 Å². The molecule has 1 N–H and O–H groups in total. The molecular formula is C15H15Cl2NO. The van der Waals surface area contributed by atoms with E-state index in [-0.39, 0.29) is 0 Å². The molecule has 0 aliphatic heterocycles. The van der Waals surface area contributed by atoms with Crippen molar-refractivity contribution in [2.45, 2.75) is 13.5 Å². The van der Waals surface area contributed by atoms with E-state index in [4.69, 9.17) is 27.9 Å². The van der Waals surface area contributed by atoms with Crippen LogP contribution in [0.15, 0.2) is 42.5 Å². The molecule has 0 amide bonds. The summed E-state index contributed by atoms with van der Waals surface area (Å²) >= 11 is 12.3. The highest BCUT2D eigenvalue weighted by molar-refractivity contribution is 6.33. The van der Waals surface area contributed by atoms with Crippen molar-refractivity contribution in [1.29, 1.82) is 0 Å². The van der Waals surface area contributed by atoms with Gasteiger partial charge in [-0.15, -0.1) is 0 Å². The van der Waals surface area contributed by atoms with Crippen LogP contribution in [0.25, 0.3) is 0 Å². The summed E-state index contributed by atoms with van der Waals surface area (Å²) in [6.45, 7) is 3.65. The smallest absolute Gasteiger partial charge is 0.150 e. The molecule has 19 heavy (non-hydrogen) atoms. The first-order valence-corrected chi connectivity index (χ1v) is 6.88. The predicted molar refractivity (Wildman–Crippen MR) is 80.4 cm³/mol. The van der Waals surface area contributed by atoms with Gasteiger partial charge in [0.2, 0.25) is 0 Å². The molecule has 0 atom stereocenters. The Kier molecular flexibility index (Phi) is 5.08. The summed E-state index contributed by atoms with van der Waals surface area (Å²) in [6, 6.07) is 13.1. The summed E-state index contributed by atoms with van der Waals surface area (Å²) in [5, 5.41) is 4.41. The zero-order chi connectivity index (χ0) is 13.7. The van der Waals surface area contributed by atoms with Crippen LogP contribution in [0.1, 0.15) is 12.5 Å². The second-order valence-electron chi connectivity index (χ2n) is 4.04. The maximum absolute atomic E-state index is 6.21. The Bertz CT molecular complexity index is 558. The number of hydrogen-bond donors (Lipinski definition) is 1. The third kappa shape index (κ3) is 3.63. The molecule has 0 radical (unpaired) electrons. The van der Waals surface area contributed by atoms with Crippen LogP contribution in [0.3, 0.4) is 0 Å². The van der Waals surface area contributed by atoms with Gasteiger partial charge in [0.15, 0.2) is 5.75 Å². The van der Waals surface area contributed by atoms with Crippen LogP contribution in [0.4, 0.5) is 0 Å². The Morgan fingerprint density at radius 3 is 2.47 bits per heavy atom. The molecule has 0 aromatic heterocycles. The van der Waals surface area contributed by atoms with Gasteiger partial charge in [0.25, 0.3) is 0 Å². The molecule has 0 bridgehead atoms. The van der Waals surface area contributed by atoms with Crippen LogP contribution in [-0.2, 0) is 6.54 Å². The van der Waals surface area contributed by atoms with Crippen LogP contribution in [0.2, 0.25) is 10.0 Å². The quantitative estimate of drug-likeness (QED) is 0.847. The summed E-state index contributed by atoms with van der Waals surface area (Å²) in [5.41, 5.74) is 1.01. The van der Waals surface area contributed by atoms with Gasteiger partial charge < -0.3 is 10.1 Å².